The van der Waals surface area contributed by atoms with Gasteiger partial charge in [-0.2, -0.15) is 0 Å². The summed E-state index contributed by atoms with van der Waals surface area (Å²) in [5.74, 6) is -1.40. The Bertz CT molecular complexity index is 1440. The van der Waals surface area contributed by atoms with Gasteiger partial charge in [-0.05, 0) is 59.7 Å². The summed E-state index contributed by atoms with van der Waals surface area (Å²) in [5, 5.41) is 3.72. The van der Waals surface area contributed by atoms with E-state index in [4.69, 9.17) is 0 Å². The fraction of sp³-hybridized carbons (Fsp3) is 0. The van der Waals surface area contributed by atoms with E-state index in [0.29, 0.717) is 39.4 Å². The lowest BCUT2D eigenvalue weighted by molar-refractivity contribution is 0.509. The number of anilines is 2. The molecule has 0 radical (unpaired) electrons. The summed E-state index contributed by atoms with van der Waals surface area (Å²) >= 11 is 0. The van der Waals surface area contributed by atoms with Crippen LogP contribution < -0.4 is 5.32 Å². The van der Waals surface area contributed by atoms with E-state index in [2.05, 4.69) is 20.3 Å². The van der Waals surface area contributed by atoms with Gasteiger partial charge in [0.1, 0.15) is 11.6 Å². The second kappa shape index (κ2) is 8.11. The zero-order valence-electron chi connectivity index (χ0n) is 16.6. The summed E-state index contributed by atoms with van der Waals surface area (Å²) in [6, 6.07) is 18.9. The van der Waals surface area contributed by atoms with Gasteiger partial charge in [0.05, 0.1) is 5.52 Å². The molecule has 2 aromatic heterocycles. The van der Waals surface area contributed by atoms with Gasteiger partial charge in [0.25, 0.3) is 0 Å². The summed E-state index contributed by atoms with van der Waals surface area (Å²) in [5.41, 5.74) is 3.13. The van der Waals surface area contributed by atoms with Gasteiger partial charge in [0.15, 0.2) is 17.5 Å². The lowest BCUT2D eigenvalue weighted by Gasteiger charge is -2.12. The molecule has 0 aliphatic heterocycles. The summed E-state index contributed by atoms with van der Waals surface area (Å²) in [7, 11) is 0. The minimum Gasteiger partial charge on any atom is -0.340 e. The van der Waals surface area contributed by atoms with Crippen LogP contribution in [0.5, 0.6) is 0 Å². The number of aromatic nitrogens is 3. The highest BCUT2D eigenvalue weighted by molar-refractivity contribution is 5.94. The molecule has 4 nitrogen and oxygen atoms in total. The number of hydrogen-bond acceptors (Lipinski definition) is 4. The van der Waals surface area contributed by atoms with Gasteiger partial charge >= 0.3 is 0 Å². The van der Waals surface area contributed by atoms with Crippen molar-refractivity contribution in [2.75, 3.05) is 5.32 Å². The van der Waals surface area contributed by atoms with Crippen LogP contribution in [-0.4, -0.2) is 15.0 Å². The molecule has 5 rings (SSSR count). The number of fused-ring (bicyclic) bond motifs is 1. The average molecular weight is 428 g/mol. The number of hydrogen-bond donors (Lipinski definition) is 1. The Labute approximate surface area is 181 Å². The van der Waals surface area contributed by atoms with Crippen LogP contribution in [0.1, 0.15) is 0 Å². The third kappa shape index (κ3) is 3.88. The SMILES string of the molecule is Fc1cccc(-c2ccc3c(Nc4ccc(F)c(F)c4)nc(-c4cccnc4)nc3c2)c1. The minimum atomic E-state index is -0.964. The van der Waals surface area contributed by atoms with Crippen molar-refractivity contribution < 1.29 is 13.2 Å². The summed E-state index contributed by atoms with van der Waals surface area (Å²) < 4.78 is 40.8. The lowest BCUT2D eigenvalue weighted by atomic mass is 10.0. The number of nitrogens with zero attached hydrogens (tertiary/aromatic N) is 3. The molecule has 0 spiro atoms. The molecule has 0 unspecified atom stereocenters. The third-order valence-corrected chi connectivity index (χ3v) is 4.96. The molecule has 2 heterocycles. The second-order valence-electron chi connectivity index (χ2n) is 7.13. The van der Waals surface area contributed by atoms with Crippen LogP contribution in [0.2, 0.25) is 0 Å². The molecular weight excluding hydrogens is 413 g/mol. The van der Waals surface area contributed by atoms with E-state index in [1.54, 1.807) is 24.5 Å². The van der Waals surface area contributed by atoms with E-state index in [9.17, 15) is 13.2 Å². The van der Waals surface area contributed by atoms with Crippen LogP contribution in [0, 0.1) is 17.5 Å². The van der Waals surface area contributed by atoms with E-state index >= 15 is 0 Å². The van der Waals surface area contributed by atoms with Crippen LogP contribution in [0.3, 0.4) is 0 Å². The molecule has 1 N–H and O–H groups in total. The molecule has 7 heteroatoms. The van der Waals surface area contributed by atoms with Gasteiger partial charge in [-0.15, -0.1) is 0 Å². The van der Waals surface area contributed by atoms with E-state index < -0.39 is 11.6 Å². The molecule has 0 saturated carbocycles. The highest BCUT2D eigenvalue weighted by Gasteiger charge is 2.13. The van der Waals surface area contributed by atoms with Gasteiger partial charge in [-0.1, -0.05) is 18.2 Å². The maximum atomic E-state index is 13.7. The van der Waals surface area contributed by atoms with Crippen molar-refractivity contribution in [1.82, 2.24) is 15.0 Å². The Morgan fingerprint density at radius 3 is 2.31 bits per heavy atom. The smallest absolute Gasteiger partial charge is 0.163 e. The van der Waals surface area contributed by atoms with Crippen molar-refractivity contribution in [3.8, 4) is 22.5 Å². The zero-order valence-corrected chi connectivity index (χ0v) is 16.6. The normalized spacial score (nSPS) is 11.0. The largest absolute Gasteiger partial charge is 0.340 e. The molecule has 0 bridgehead atoms. The fourth-order valence-corrected chi connectivity index (χ4v) is 3.41. The Hall–Kier alpha value is -4.26. The monoisotopic (exact) mass is 428 g/mol. The maximum Gasteiger partial charge on any atom is 0.163 e. The topological polar surface area (TPSA) is 50.7 Å². The number of benzene rings is 3. The zero-order chi connectivity index (χ0) is 22.1. The van der Waals surface area contributed by atoms with Crippen molar-refractivity contribution >= 4 is 22.4 Å². The van der Waals surface area contributed by atoms with Crippen LogP contribution >= 0.6 is 0 Å². The number of nitrogens with one attached hydrogen (secondary N) is 1. The van der Waals surface area contributed by atoms with Crippen molar-refractivity contribution in [2.45, 2.75) is 0 Å². The second-order valence-corrected chi connectivity index (χ2v) is 7.13. The lowest BCUT2D eigenvalue weighted by Crippen LogP contribution is -2.00. The van der Waals surface area contributed by atoms with Gasteiger partial charge < -0.3 is 5.32 Å². The van der Waals surface area contributed by atoms with E-state index in [1.807, 2.05) is 30.3 Å². The first-order chi connectivity index (χ1) is 15.6. The van der Waals surface area contributed by atoms with Crippen molar-refractivity contribution in [2.24, 2.45) is 0 Å². The molecule has 0 atom stereocenters. The van der Waals surface area contributed by atoms with Crippen LogP contribution in [-0.2, 0) is 0 Å². The third-order valence-electron chi connectivity index (χ3n) is 4.96. The molecule has 0 aliphatic carbocycles. The molecule has 0 aliphatic rings. The Morgan fingerprint density at radius 1 is 0.688 bits per heavy atom. The van der Waals surface area contributed by atoms with Crippen molar-refractivity contribution in [3.63, 3.8) is 0 Å². The Kier molecular flexibility index (Phi) is 4.99. The fourth-order valence-electron chi connectivity index (χ4n) is 3.41. The molecule has 0 fully saturated rings. The average Bonchev–Trinajstić information content (AvgIpc) is 2.81. The first-order valence-electron chi connectivity index (χ1n) is 9.77. The quantitative estimate of drug-likeness (QED) is 0.354. The first-order valence-corrected chi connectivity index (χ1v) is 9.77. The van der Waals surface area contributed by atoms with Gasteiger partial charge in [0.2, 0.25) is 0 Å². The molecule has 32 heavy (non-hydrogen) atoms. The minimum absolute atomic E-state index is 0.331. The number of halogens is 3. The van der Waals surface area contributed by atoms with Crippen molar-refractivity contribution in [1.29, 1.82) is 0 Å². The van der Waals surface area contributed by atoms with Gasteiger partial charge in [-0.3, -0.25) is 4.98 Å². The maximum absolute atomic E-state index is 13.7. The van der Waals surface area contributed by atoms with Gasteiger partial charge in [-0.25, -0.2) is 23.1 Å². The highest BCUT2D eigenvalue weighted by Crippen LogP contribution is 2.31. The predicted octanol–water partition coefficient (Wildman–Crippen LogP) is 6.52. The number of pyridine rings is 1. The summed E-state index contributed by atoms with van der Waals surface area (Å²) in [6.45, 7) is 0. The molecule has 3 aromatic carbocycles. The van der Waals surface area contributed by atoms with Crippen LogP contribution in [0.4, 0.5) is 24.7 Å². The molecule has 5 aromatic rings. The predicted molar refractivity (Wildman–Crippen MR) is 118 cm³/mol. The number of rotatable bonds is 4. The van der Waals surface area contributed by atoms with E-state index in [-0.39, 0.29) is 5.82 Å². The Balaban J connectivity index is 1.67. The van der Waals surface area contributed by atoms with Crippen molar-refractivity contribution in [3.05, 3.63) is 103 Å². The summed E-state index contributed by atoms with van der Waals surface area (Å²) in [6.07, 6.45) is 3.28. The summed E-state index contributed by atoms with van der Waals surface area (Å²) in [4.78, 5) is 13.4. The van der Waals surface area contributed by atoms with E-state index in [0.717, 1.165) is 17.7 Å². The molecular formula is C25H15F3N4. The molecule has 156 valence electrons. The standard InChI is InChI=1S/C25H15F3N4/c26-18-5-1-3-15(11-18)16-6-8-20-23(12-16)31-24(17-4-2-10-29-14-17)32-25(20)30-19-7-9-21(27)22(28)13-19/h1-14H,(H,30,31,32). The molecule has 0 saturated heterocycles. The van der Waals surface area contributed by atoms with Crippen LogP contribution in [0.15, 0.2) is 85.2 Å². The van der Waals surface area contributed by atoms with Gasteiger partial charge in [0, 0.05) is 35.1 Å². The molecule has 0 amide bonds. The van der Waals surface area contributed by atoms with Crippen LogP contribution in [0.25, 0.3) is 33.4 Å². The first kappa shape index (κ1) is 19.7. The highest BCUT2D eigenvalue weighted by atomic mass is 19.2. The Morgan fingerprint density at radius 2 is 1.53 bits per heavy atom. The van der Waals surface area contributed by atoms with E-state index in [1.165, 1.54) is 18.2 Å².